The van der Waals surface area contributed by atoms with Crippen molar-refractivity contribution in [1.82, 2.24) is 9.88 Å². The molecule has 1 aliphatic heterocycles. The fraction of sp³-hybridized carbons (Fsp3) is 0.379. The van der Waals surface area contributed by atoms with E-state index in [1.807, 2.05) is 51.4 Å². The summed E-state index contributed by atoms with van der Waals surface area (Å²) in [6, 6.07) is 16.8. The molecule has 0 bridgehead atoms. The molecule has 2 aromatic heterocycles. The molecule has 176 valence electrons. The molecule has 0 atom stereocenters. The summed E-state index contributed by atoms with van der Waals surface area (Å²) in [5.74, 6) is 1.18. The largest absolute Gasteiger partial charge is 0.460 e. The highest BCUT2D eigenvalue weighted by molar-refractivity contribution is 5.97. The molecule has 5 nitrogen and oxygen atoms in total. The molecule has 3 heterocycles. The molecule has 1 aliphatic rings. The van der Waals surface area contributed by atoms with E-state index < -0.39 is 5.60 Å². The Labute approximate surface area is 200 Å². The van der Waals surface area contributed by atoms with Crippen molar-refractivity contribution < 1.29 is 13.9 Å². The normalized spacial score (nSPS) is 15.7. The van der Waals surface area contributed by atoms with Gasteiger partial charge in [-0.2, -0.15) is 0 Å². The maximum absolute atomic E-state index is 12.2. The Balaban J connectivity index is 1.28. The molecule has 0 unspecified atom stereocenters. The molecule has 0 radical (unpaired) electrons. The van der Waals surface area contributed by atoms with Gasteiger partial charge in [-0.05, 0) is 81.8 Å². The molecule has 0 saturated carbocycles. The van der Waals surface area contributed by atoms with E-state index in [2.05, 4.69) is 40.2 Å². The predicted octanol–water partition coefficient (Wildman–Crippen LogP) is 6.59. The van der Waals surface area contributed by atoms with Gasteiger partial charge in [0.15, 0.2) is 0 Å². The van der Waals surface area contributed by atoms with Crippen LogP contribution in [0.3, 0.4) is 0 Å². The van der Waals surface area contributed by atoms with Crippen molar-refractivity contribution in [3.63, 3.8) is 0 Å². The molecular weight excluding hydrogens is 424 g/mol. The van der Waals surface area contributed by atoms with Crippen molar-refractivity contribution in [2.24, 2.45) is 5.92 Å². The summed E-state index contributed by atoms with van der Waals surface area (Å²) in [4.78, 5) is 19.1. The van der Waals surface area contributed by atoms with Gasteiger partial charge >= 0.3 is 5.97 Å². The monoisotopic (exact) mass is 456 g/mol. The lowest BCUT2D eigenvalue weighted by Gasteiger charge is -2.32. The molecule has 34 heavy (non-hydrogen) atoms. The van der Waals surface area contributed by atoms with Crippen molar-refractivity contribution in [3.05, 3.63) is 66.5 Å². The molecule has 0 aliphatic carbocycles. The Bertz CT molecular complexity index is 1280. The number of hydrogen-bond acceptors (Lipinski definition) is 5. The second kappa shape index (κ2) is 9.22. The van der Waals surface area contributed by atoms with Crippen LogP contribution >= 0.6 is 0 Å². The number of carbonyl (C=O) groups excluding carboxylic acids is 1. The molecule has 1 saturated heterocycles. The number of esters is 1. The lowest BCUT2D eigenvalue weighted by Crippen LogP contribution is -2.34. The van der Waals surface area contributed by atoms with Crippen LogP contribution in [0.25, 0.3) is 33.1 Å². The van der Waals surface area contributed by atoms with Crippen LogP contribution in [0.15, 0.2) is 65.3 Å². The Hall–Kier alpha value is -3.18. The molecule has 4 aromatic rings. The van der Waals surface area contributed by atoms with Crippen LogP contribution < -0.4 is 0 Å². The van der Waals surface area contributed by atoms with Gasteiger partial charge in [0.05, 0.1) is 0 Å². The van der Waals surface area contributed by atoms with Crippen LogP contribution in [0.2, 0.25) is 0 Å². The molecular formula is C29H32N2O3. The van der Waals surface area contributed by atoms with E-state index in [1.165, 1.54) is 5.56 Å². The smallest absolute Gasteiger partial charge is 0.306 e. The van der Waals surface area contributed by atoms with Gasteiger partial charge in [-0.15, -0.1) is 0 Å². The molecule has 5 rings (SSSR count). The molecule has 1 fully saturated rings. The topological polar surface area (TPSA) is 55.6 Å². The summed E-state index contributed by atoms with van der Waals surface area (Å²) in [6.07, 6.45) is 6.39. The first-order chi connectivity index (χ1) is 16.3. The van der Waals surface area contributed by atoms with Crippen LogP contribution in [0.4, 0.5) is 0 Å². The summed E-state index contributed by atoms with van der Waals surface area (Å²) in [7, 11) is 0. The minimum Gasteiger partial charge on any atom is -0.460 e. The zero-order valence-corrected chi connectivity index (χ0v) is 20.2. The second-order valence-corrected chi connectivity index (χ2v) is 10.4. The zero-order valence-electron chi connectivity index (χ0n) is 20.2. The van der Waals surface area contributed by atoms with E-state index in [1.54, 1.807) is 0 Å². The van der Waals surface area contributed by atoms with E-state index in [0.717, 1.165) is 65.5 Å². The van der Waals surface area contributed by atoms with E-state index in [-0.39, 0.29) is 5.97 Å². The van der Waals surface area contributed by atoms with Crippen molar-refractivity contribution >= 4 is 27.7 Å². The van der Waals surface area contributed by atoms with Crippen LogP contribution in [0.5, 0.6) is 0 Å². The summed E-state index contributed by atoms with van der Waals surface area (Å²) in [5, 5.41) is 3.36. The van der Waals surface area contributed by atoms with Gasteiger partial charge in [0, 0.05) is 41.7 Å². The van der Waals surface area contributed by atoms with Gasteiger partial charge in [0.25, 0.3) is 0 Å². The zero-order chi connectivity index (χ0) is 23.7. The number of piperidine rings is 1. The van der Waals surface area contributed by atoms with E-state index in [0.29, 0.717) is 12.3 Å². The van der Waals surface area contributed by atoms with Gasteiger partial charge in [0.2, 0.25) is 0 Å². The number of pyridine rings is 1. The molecule has 0 spiro atoms. The highest BCUT2D eigenvalue weighted by Gasteiger charge is 2.24. The highest BCUT2D eigenvalue weighted by atomic mass is 16.6. The fourth-order valence-electron chi connectivity index (χ4n) is 4.85. The molecule has 5 heteroatoms. The predicted molar refractivity (Wildman–Crippen MR) is 135 cm³/mol. The number of nitrogens with zero attached hydrogens (tertiary/aromatic N) is 2. The van der Waals surface area contributed by atoms with E-state index in [4.69, 9.17) is 9.15 Å². The third-order valence-electron chi connectivity index (χ3n) is 6.50. The highest BCUT2D eigenvalue weighted by Crippen LogP contribution is 2.33. The molecule has 0 amide bonds. The summed E-state index contributed by atoms with van der Waals surface area (Å²) < 4.78 is 11.6. The van der Waals surface area contributed by atoms with Crippen LogP contribution in [0.1, 0.15) is 45.6 Å². The lowest BCUT2D eigenvalue weighted by molar-refractivity contribution is -0.156. The van der Waals surface area contributed by atoms with Gasteiger partial charge < -0.3 is 9.15 Å². The summed E-state index contributed by atoms with van der Waals surface area (Å²) >= 11 is 0. The fourth-order valence-corrected chi connectivity index (χ4v) is 4.85. The number of hydrogen-bond donors (Lipinski definition) is 0. The summed E-state index contributed by atoms with van der Waals surface area (Å²) in [5.41, 5.74) is 2.78. The Morgan fingerprint density at radius 2 is 1.85 bits per heavy atom. The Kier molecular flexibility index (Phi) is 6.13. The van der Waals surface area contributed by atoms with E-state index >= 15 is 0 Å². The second-order valence-electron chi connectivity index (χ2n) is 10.4. The van der Waals surface area contributed by atoms with Crippen molar-refractivity contribution in [3.8, 4) is 11.3 Å². The number of para-hydroxylation sites is 1. The number of ether oxygens (including phenoxy) is 1. The SMILES string of the molecule is CC(C)(C)OC(=O)CC1CCN(Cc2ccc3cncc(-c4cc5ccccc5o4)c3c2)CC1. The van der Waals surface area contributed by atoms with Gasteiger partial charge in [-0.25, -0.2) is 0 Å². The first kappa shape index (κ1) is 22.6. The van der Waals surface area contributed by atoms with Crippen LogP contribution in [-0.4, -0.2) is 34.5 Å². The standard InChI is InChI=1S/C29H32N2O3/c1-29(2,3)34-28(32)15-20-10-12-31(13-11-20)19-21-8-9-23-17-30-18-25(24(23)14-21)27-16-22-6-4-5-7-26(22)33-27/h4-9,14,16-18,20H,10-13,15,19H2,1-3H3. The Morgan fingerprint density at radius 3 is 2.62 bits per heavy atom. The first-order valence-electron chi connectivity index (χ1n) is 12.1. The number of furan rings is 1. The third-order valence-corrected chi connectivity index (χ3v) is 6.50. The average Bonchev–Trinajstić information content (AvgIpc) is 3.23. The van der Waals surface area contributed by atoms with Crippen molar-refractivity contribution in [2.45, 2.75) is 52.2 Å². The number of aromatic nitrogens is 1. The van der Waals surface area contributed by atoms with Crippen molar-refractivity contribution in [2.75, 3.05) is 13.1 Å². The van der Waals surface area contributed by atoms with Crippen molar-refractivity contribution in [1.29, 1.82) is 0 Å². The van der Waals surface area contributed by atoms with Crippen LogP contribution in [-0.2, 0) is 16.1 Å². The molecule has 2 aromatic carbocycles. The minimum atomic E-state index is -0.412. The average molecular weight is 457 g/mol. The first-order valence-corrected chi connectivity index (χ1v) is 12.1. The third kappa shape index (κ3) is 5.15. The number of rotatable bonds is 5. The van der Waals surface area contributed by atoms with Gasteiger partial charge in [0.1, 0.15) is 16.9 Å². The quantitative estimate of drug-likeness (QED) is 0.317. The Morgan fingerprint density at radius 1 is 1.06 bits per heavy atom. The number of fused-ring (bicyclic) bond motifs is 2. The van der Waals surface area contributed by atoms with Crippen LogP contribution in [0, 0.1) is 5.92 Å². The minimum absolute atomic E-state index is 0.0767. The number of carbonyl (C=O) groups is 1. The number of benzene rings is 2. The maximum atomic E-state index is 12.2. The molecule has 0 N–H and O–H groups in total. The lowest BCUT2D eigenvalue weighted by atomic mass is 9.93. The van der Waals surface area contributed by atoms with Gasteiger partial charge in [-0.1, -0.05) is 30.3 Å². The van der Waals surface area contributed by atoms with Gasteiger partial charge in [-0.3, -0.25) is 14.7 Å². The number of likely N-dealkylation sites (tertiary alicyclic amines) is 1. The maximum Gasteiger partial charge on any atom is 0.306 e. The summed E-state index contributed by atoms with van der Waals surface area (Å²) in [6.45, 7) is 8.67. The van der Waals surface area contributed by atoms with E-state index in [9.17, 15) is 4.79 Å².